The molecule has 0 aliphatic heterocycles. The van der Waals surface area contributed by atoms with Crippen LogP contribution in [0.1, 0.15) is 37.3 Å². The maximum Gasteiger partial charge on any atom is 0.240 e. The van der Waals surface area contributed by atoms with Crippen molar-refractivity contribution in [1.29, 1.82) is 0 Å². The molecule has 1 saturated carbocycles. The molecule has 0 amide bonds. The van der Waals surface area contributed by atoms with Crippen molar-refractivity contribution in [3.05, 3.63) is 29.3 Å². The predicted octanol–water partition coefficient (Wildman–Crippen LogP) is 1.92. The average molecular weight is 282 g/mol. The molecule has 0 radical (unpaired) electrons. The Hall–Kier alpha value is -0.910. The zero-order chi connectivity index (χ0) is 14.1. The largest absolute Gasteiger partial charge is 0.326 e. The second kappa shape index (κ2) is 5.23. The van der Waals surface area contributed by atoms with Crippen molar-refractivity contribution >= 4 is 10.0 Å². The molecule has 0 bridgehead atoms. The van der Waals surface area contributed by atoms with Crippen molar-refractivity contribution in [2.75, 3.05) is 6.54 Å². The van der Waals surface area contributed by atoms with Gasteiger partial charge in [0.15, 0.2) is 0 Å². The third kappa shape index (κ3) is 2.99. The molecule has 1 aliphatic carbocycles. The lowest BCUT2D eigenvalue weighted by atomic mass is 9.71. The van der Waals surface area contributed by atoms with Crippen LogP contribution in [-0.4, -0.2) is 15.0 Å². The van der Waals surface area contributed by atoms with E-state index in [1.807, 2.05) is 13.0 Å². The predicted molar refractivity (Wildman–Crippen MR) is 76.2 cm³/mol. The normalized spacial score (nSPS) is 18.1. The second-order valence-corrected chi connectivity index (χ2v) is 7.47. The van der Waals surface area contributed by atoms with E-state index in [0.29, 0.717) is 18.0 Å². The highest BCUT2D eigenvalue weighted by Gasteiger charge is 2.33. The Morgan fingerprint density at radius 1 is 1.37 bits per heavy atom. The van der Waals surface area contributed by atoms with E-state index in [0.717, 1.165) is 24.0 Å². The van der Waals surface area contributed by atoms with Gasteiger partial charge in [-0.05, 0) is 42.4 Å². The maximum absolute atomic E-state index is 12.4. The monoisotopic (exact) mass is 282 g/mol. The van der Waals surface area contributed by atoms with E-state index in [4.69, 9.17) is 5.73 Å². The zero-order valence-electron chi connectivity index (χ0n) is 11.6. The summed E-state index contributed by atoms with van der Waals surface area (Å²) in [5, 5.41) is 0. The van der Waals surface area contributed by atoms with Gasteiger partial charge in [0.05, 0.1) is 4.90 Å². The van der Waals surface area contributed by atoms with Crippen molar-refractivity contribution < 1.29 is 8.42 Å². The highest BCUT2D eigenvalue weighted by molar-refractivity contribution is 7.89. The van der Waals surface area contributed by atoms with Gasteiger partial charge in [0.25, 0.3) is 0 Å². The van der Waals surface area contributed by atoms with Gasteiger partial charge in [-0.1, -0.05) is 25.5 Å². The van der Waals surface area contributed by atoms with Gasteiger partial charge in [-0.15, -0.1) is 0 Å². The van der Waals surface area contributed by atoms with E-state index in [2.05, 4.69) is 11.6 Å². The van der Waals surface area contributed by atoms with Crippen LogP contribution in [-0.2, 0) is 16.6 Å². The lowest BCUT2D eigenvalue weighted by Crippen LogP contribution is -2.40. The Labute approximate surface area is 115 Å². The van der Waals surface area contributed by atoms with Crippen LogP contribution in [0.2, 0.25) is 0 Å². The SMILES string of the molecule is Cc1c(CN)cccc1S(=O)(=O)NCC1(C)CCC1. The second-order valence-electron chi connectivity index (χ2n) is 5.73. The highest BCUT2D eigenvalue weighted by Crippen LogP contribution is 2.39. The van der Waals surface area contributed by atoms with Gasteiger partial charge in [0, 0.05) is 13.1 Å². The van der Waals surface area contributed by atoms with E-state index in [-0.39, 0.29) is 5.41 Å². The summed E-state index contributed by atoms with van der Waals surface area (Å²) < 4.78 is 27.5. The van der Waals surface area contributed by atoms with E-state index in [1.54, 1.807) is 12.1 Å². The van der Waals surface area contributed by atoms with Crippen molar-refractivity contribution in [1.82, 2.24) is 4.72 Å². The number of sulfonamides is 1. The Bertz CT molecular complexity index is 563. The molecule has 1 aromatic carbocycles. The maximum atomic E-state index is 12.4. The fourth-order valence-corrected chi connectivity index (χ4v) is 3.96. The summed E-state index contributed by atoms with van der Waals surface area (Å²) in [5.41, 5.74) is 7.37. The van der Waals surface area contributed by atoms with Crippen LogP contribution in [0.5, 0.6) is 0 Å². The van der Waals surface area contributed by atoms with E-state index >= 15 is 0 Å². The Balaban J connectivity index is 2.19. The zero-order valence-corrected chi connectivity index (χ0v) is 12.4. The van der Waals surface area contributed by atoms with Crippen molar-refractivity contribution in [2.24, 2.45) is 11.1 Å². The Morgan fingerprint density at radius 2 is 2.05 bits per heavy atom. The lowest BCUT2D eigenvalue weighted by molar-refractivity contribution is 0.166. The van der Waals surface area contributed by atoms with Crippen LogP contribution < -0.4 is 10.5 Å². The van der Waals surface area contributed by atoms with E-state index < -0.39 is 10.0 Å². The molecule has 3 N–H and O–H groups in total. The molecule has 0 unspecified atom stereocenters. The molecule has 0 atom stereocenters. The van der Waals surface area contributed by atoms with Gasteiger partial charge in [0.2, 0.25) is 10.0 Å². The third-order valence-electron chi connectivity index (χ3n) is 4.16. The molecule has 4 nitrogen and oxygen atoms in total. The fraction of sp³-hybridized carbons (Fsp3) is 0.571. The van der Waals surface area contributed by atoms with Gasteiger partial charge in [-0.25, -0.2) is 13.1 Å². The number of hydrogen-bond acceptors (Lipinski definition) is 3. The van der Waals surface area contributed by atoms with Gasteiger partial charge in [-0.3, -0.25) is 0 Å². The standard InChI is InChI=1S/C14H22N2O2S/c1-11-12(9-15)5-3-6-13(11)19(17,18)16-10-14(2)7-4-8-14/h3,5-6,16H,4,7-10,15H2,1-2H3. The first-order valence-corrected chi connectivity index (χ1v) is 8.14. The Morgan fingerprint density at radius 3 is 2.58 bits per heavy atom. The summed E-state index contributed by atoms with van der Waals surface area (Å²) in [6.07, 6.45) is 3.38. The molecule has 5 heteroatoms. The molecule has 1 aromatic rings. The lowest BCUT2D eigenvalue weighted by Gasteiger charge is -2.38. The Kier molecular flexibility index (Phi) is 3.99. The number of nitrogens with two attached hydrogens (primary N) is 1. The topological polar surface area (TPSA) is 72.2 Å². The number of nitrogens with one attached hydrogen (secondary N) is 1. The molecule has 106 valence electrons. The first-order chi connectivity index (χ1) is 8.88. The molecule has 0 spiro atoms. The molecular weight excluding hydrogens is 260 g/mol. The molecule has 2 rings (SSSR count). The molecule has 0 saturated heterocycles. The number of hydrogen-bond donors (Lipinski definition) is 2. The fourth-order valence-electron chi connectivity index (χ4n) is 2.48. The minimum Gasteiger partial charge on any atom is -0.326 e. The molecule has 0 heterocycles. The highest BCUT2D eigenvalue weighted by atomic mass is 32.2. The quantitative estimate of drug-likeness (QED) is 0.866. The molecule has 0 aromatic heterocycles. The summed E-state index contributed by atoms with van der Waals surface area (Å²) >= 11 is 0. The van der Waals surface area contributed by atoms with Gasteiger partial charge < -0.3 is 5.73 Å². The van der Waals surface area contributed by atoms with Gasteiger partial charge in [-0.2, -0.15) is 0 Å². The van der Waals surface area contributed by atoms with Crippen molar-refractivity contribution in [3.8, 4) is 0 Å². The molecular formula is C14H22N2O2S. The summed E-state index contributed by atoms with van der Waals surface area (Å²) in [4.78, 5) is 0.346. The van der Waals surface area contributed by atoms with Gasteiger partial charge >= 0.3 is 0 Å². The smallest absolute Gasteiger partial charge is 0.240 e. The van der Waals surface area contributed by atoms with Crippen LogP contribution in [0.4, 0.5) is 0 Å². The van der Waals surface area contributed by atoms with Crippen molar-refractivity contribution in [2.45, 2.75) is 44.6 Å². The first kappa shape index (κ1) is 14.5. The summed E-state index contributed by atoms with van der Waals surface area (Å²) in [5.74, 6) is 0. The summed E-state index contributed by atoms with van der Waals surface area (Å²) in [6.45, 7) is 4.80. The van der Waals surface area contributed by atoms with Crippen LogP contribution in [0.15, 0.2) is 23.1 Å². The van der Waals surface area contributed by atoms with Gasteiger partial charge in [0.1, 0.15) is 0 Å². The third-order valence-corrected chi connectivity index (χ3v) is 5.70. The van der Waals surface area contributed by atoms with E-state index in [1.165, 1.54) is 6.42 Å². The molecule has 1 aliphatic rings. The summed E-state index contributed by atoms with van der Waals surface area (Å²) in [6, 6.07) is 5.25. The first-order valence-electron chi connectivity index (χ1n) is 6.66. The van der Waals surface area contributed by atoms with Crippen LogP contribution in [0.3, 0.4) is 0 Å². The van der Waals surface area contributed by atoms with E-state index in [9.17, 15) is 8.42 Å². The van der Waals surface area contributed by atoms with Crippen LogP contribution in [0, 0.1) is 12.3 Å². The van der Waals surface area contributed by atoms with Crippen molar-refractivity contribution in [3.63, 3.8) is 0 Å². The average Bonchev–Trinajstić information content (AvgIpc) is 2.34. The van der Waals surface area contributed by atoms with Crippen LogP contribution in [0.25, 0.3) is 0 Å². The number of benzene rings is 1. The molecule has 1 fully saturated rings. The number of rotatable bonds is 5. The summed E-state index contributed by atoms with van der Waals surface area (Å²) in [7, 11) is -3.44. The minimum absolute atomic E-state index is 0.131. The minimum atomic E-state index is -3.44. The molecule has 19 heavy (non-hydrogen) atoms. The van der Waals surface area contributed by atoms with Crippen LogP contribution >= 0.6 is 0 Å².